The van der Waals surface area contributed by atoms with Crippen molar-refractivity contribution < 1.29 is 18.0 Å². The first-order valence-corrected chi connectivity index (χ1v) is 13.5. The molecule has 0 radical (unpaired) electrons. The van der Waals surface area contributed by atoms with E-state index in [4.69, 9.17) is 0 Å². The minimum atomic E-state index is -3.64. The number of piperidine rings is 1. The minimum absolute atomic E-state index is 0.00934. The standard InChI is InChI=1S/C23H29N3O4S2/c1-2-22(27)26-11-3-5-18-15-20(7-8-21(18)26)32(29,30)25-12-9-17(10-13-25)23(28)24-16-19-6-4-14-31-19/h4,6-8,14-15,17H,2-3,5,9-13,16H2,1H3,(H,24,28). The van der Waals surface area contributed by atoms with Gasteiger partial charge in [-0.1, -0.05) is 13.0 Å². The Hall–Kier alpha value is -2.23. The van der Waals surface area contributed by atoms with Crippen LogP contribution >= 0.6 is 11.3 Å². The zero-order valence-electron chi connectivity index (χ0n) is 18.2. The van der Waals surface area contributed by atoms with Gasteiger partial charge in [0.15, 0.2) is 0 Å². The number of fused-ring (bicyclic) bond motifs is 1. The zero-order valence-corrected chi connectivity index (χ0v) is 19.9. The van der Waals surface area contributed by atoms with E-state index in [9.17, 15) is 18.0 Å². The van der Waals surface area contributed by atoms with Gasteiger partial charge in [0, 0.05) is 42.5 Å². The number of aryl methyl sites for hydroxylation is 1. The molecule has 1 aromatic heterocycles. The molecule has 2 aliphatic heterocycles. The predicted octanol–water partition coefficient (Wildman–Crippen LogP) is 3.15. The summed E-state index contributed by atoms with van der Waals surface area (Å²) < 4.78 is 28.0. The highest BCUT2D eigenvalue weighted by Crippen LogP contribution is 2.32. The van der Waals surface area contributed by atoms with Crippen molar-refractivity contribution in [3.05, 3.63) is 46.2 Å². The Morgan fingerprint density at radius 3 is 2.62 bits per heavy atom. The molecule has 0 saturated carbocycles. The number of hydrogen-bond acceptors (Lipinski definition) is 5. The Labute approximate surface area is 193 Å². The van der Waals surface area contributed by atoms with Gasteiger partial charge in [-0.15, -0.1) is 11.3 Å². The summed E-state index contributed by atoms with van der Waals surface area (Å²) in [6.45, 7) is 3.69. The number of benzene rings is 1. The average molecular weight is 476 g/mol. The van der Waals surface area contributed by atoms with Gasteiger partial charge in [0.2, 0.25) is 21.8 Å². The molecule has 1 saturated heterocycles. The van der Waals surface area contributed by atoms with Crippen LogP contribution in [0.2, 0.25) is 0 Å². The zero-order chi connectivity index (χ0) is 22.7. The number of hydrogen-bond donors (Lipinski definition) is 1. The van der Waals surface area contributed by atoms with Gasteiger partial charge in [0.1, 0.15) is 0 Å². The molecule has 7 nitrogen and oxygen atoms in total. The normalized spacial score (nSPS) is 17.7. The number of carbonyl (C=O) groups excluding carboxylic acids is 2. The summed E-state index contributed by atoms with van der Waals surface area (Å²) in [6.07, 6.45) is 3.04. The van der Waals surface area contributed by atoms with E-state index in [1.165, 1.54) is 4.31 Å². The monoisotopic (exact) mass is 475 g/mol. The summed E-state index contributed by atoms with van der Waals surface area (Å²) in [5, 5.41) is 4.94. The van der Waals surface area contributed by atoms with E-state index >= 15 is 0 Å². The highest BCUT2D eigenvalue weighted by atomic mass is 32.2. The summed E-state index contributed by atoms with van der Waals surface area (Å²) >= 11 is 1.60. The molecule has 9 heteroatoms. The smallest absolute Gasteiger partial charge is 0.243 e. The third-order valence-electron chi connectivity index (χ3n) is 6.25. The topological polar surface area (TPSA) is 86.8 Å². The Balaban J connectivity index is 1.40. The van der Waals surface area contributed by atoms with Gasteiger partial charge >= 0.3 is 0 Å². The summed E-state index contributed by atoms with van der Waals surface area (Å²) in [5.41, 5.74) is 1.73. The predicted molar refractivity (Wildman–Crippen MR) is 125 cm³/mol. The van der Waals surface area contributed by atoms with Gasteiger partial charge in [-0.2, -0.15) is 4.31 Å². The summed E-state index contributed by atoms with van der Waals surface area (Å²) in [4.78, 5) is 27.8. The fourth-order valence-electron chi connectivity index (χ4n) is 4.42. The van der Waals surface area contributed by atoms with Crippen LogP contribution in [0.25, 0.3) is 0 Å². The van der Waals surface area contributed by atoms with Crippen molar-refractivity contribution in [1.82, 2.24) is 9.62 Å². The second kappa shape index (κ2) is 9.72. The van der Waals surface area contributed by atoms with Crippen molar-refractivity contribution in [3.63, 3.8) is 0 Å². The van der Waals surface area contributed by atoms with Crippen molar-refractivity contribution in [2.75, 3.05) is 24.5 Å². The van der Waals surface area contributed by atoms with Gasteiger partial charge in [0.25, 0.3) is 0 Å². The second-order valence-corrected chi connectivity index (χ2v) is 11.2. The number of nitrogens with zero attached hydrogens (tertiary/aromatic N) is 2. The van der Waals surface area contributed by atoms with Crippen LogP contribution in [0, 0.1) is 5.92 Å². The van der Waals surface area contributed by atoms with E-state index in [2.05, 4.69) is 5.32 Å². The van der Waals surface area contributed by atoms with Crippen LogP contribution in [0.5, 0.6) is 0 Å². The molecule has 0 spiro atoms. The minimum Gasteiger partial charge on any atom is -0.351 e. The Kier molecular flexibility index (Phi) is 6.97. The van der Waals surface area contributed by atoms with E-state index in [0.29, 0.717) is 45.4 Å². The summed E-state index contributed by atoms with van der Waals surface area (Å²) in [7, 11) is -3.64. The molecule has 172 valence electrons. The number of anilines is 1. The van der Waals surface area contributed by atoms with E-state index in [1.54, 1.807) is 34.4 Å². The van der Waals surface area contributed by atoms with Crippen LogP contribution in [0.15, 0.2) is 40.6 Å². The van der Waals surface area contributed by atoms with Gasteiger partial charge in [-0.3, -0.25) is 9.59 Å². The maximum absolute atomic E-state index is 13.2. The lowest BCUT2D eigenvalue weighted by molar-refractivity contribution is -0.126. The number of rotatable bonds is 6. The lowest BCUT2D eigenvalue weighted by Gasteiger charge is -2.32. The Bertz CT molecular complexity index is 1070. The van der Waals surface area contributed by atoms with Gasteiger partial charge in [-0.25, -0.2) is 8.42 Å². The maximum atomic E-state index is 13.2. The van der Waals surface area contributed by atoms with Crippen molar-refractivity contribution in [3.8, 4) is 0 Å². The molecule has 2 aromatic rings. The van der Waals surface area contributed by atoms with Crippen LogP contribution in [0.3, 0.4) is 0 Å². The highest BCUT2D eigenvalue weighted by molar-refractivity contribution is 7.89. The molecule has 0 aliphatic carbocycles. The number of amides is 2. The average Bonchev–Trinajstić information content (AvgIpc) is 3.35. The Morgan fingerprint density at radius 1 is 1.16 bits per heavy atom. The first-order chi connectivity index (χ1) is 15.4. The Morgan fingerprint density at radius 2 is 1.94 bits per heavy atom. The van der Waals surface area contributed by atoms with Crippen LogP contribution in [-0.2, 0) is 32.6 Å². The maximum Gasteiger partial charge on any atom is 0.243 e. The number of carbonyl (C=O) groups is 2. The van der Waals surface area contributed by atoms with Gasteiger partial charge in [0.05, 0.1) is 11.4 Å². The van der Waals surface area contributed by atoms with E-state index in [-0.39, 0.29) is 22.6 Å². The molecule has 1 fully saturated rings. The van der Waals surface area contributed by atoms with Gasteiger partial charge in [-0.05, 0) is 60.9 Å². The lowest BCUT2D eigenvalue weighted by Crippen LogP contribution is -2.43. The molecule has 1 N–H and O–H groups in total. The number of thiophene rings is 1. The molecule has 2 aliphatic rings. The third-order valence-corrected chi connectivity index (χ3v) is 9.02. The van der Waals surface area contributed by atoms with Crippen LogP contribution in [0.4, 0.5) is 5.69 Å². The van der Waals surface area contributed by atoms with Gasteiger partial charge < -0.3 is 10.2 Å². The first-order valence-electron chi connectivity index (χ1n) is 11.1. The summed E-state index contributed by atoms with van der Waals surface area (Å²) in [5.74, 6) is -0.121. The second-order valence-electron chi connectivity index (χ2n) is 8.27. The number of sulfonamides is 1. The van der Waals surface area contributed by atoms with Crippen LogP contribution in [0.1, 0.15) is 43.0 Å². The highest BCUT2D eigenvalue weighted by Gasteiger charge is 2.33. The molecular weight excluding hydrogens is 446 g/mol. The van der Waals surface area contributed by atoms with Crippen LogP contribution < -0.4 is 10.2 Å². The molecule has 0 unspecified atom stereocenters. The molecule has 1 aromatic carbocycles. The van der Waals surface area contributed by atoms with E-state index in [0.717, 1.165) is 29.0 Å². The third kappa shape index (κ3) is 4.74. The molecule has 32 heavy (non-hydrogen) atoms. The SMILES string of the molecule is CCC(=O)N1CCCc2cc(S(=O)(=O)N3CCC(C(=O)NCc4cccs4)CC3)ccc21. The first kappa shape index (κ1) is 22.9. The fraction of sp³-hybridized carbons (Fsp3) is 0.478. The van der Waals surface area contributed by atoms with E-state index in [1.807, 2.05) is 24.4 Å². The largest absolute Gasteiger partial charge is 0.351 e. The lowest BCUT2D eigenvalue weighted by atomic mass is 9.97. The van der Waals surface area contributed by atoms with Crippen molar-refractivity contribution >= 4 is 38.9 Å². The number of nitrogens with one attached hydrogen (secondary N) is 1. The molecule has 0 atom stereocenters. The molecular formula is C23H29N3O4S2. The molecule has 4 rings (SSSR count). The van der Waals surface area contributed by atoms with E-state index < -0.39 is 10.0 Å². The van der Waals surface area contributed by atoms with Crippen molar-refractivity contribution in [2.45, 2.75) is 50.5 Å². The fourth-order valence-corrected chi connectivity index (χ4v) is 6.59. The molecule has 0 bridgehead atoms. The molecule has 3 heterocycles. The van der Waals surface area contributed by atoms with Crippen LogP contribution in [-0.4, -0.2) is 44.2 Å². The molecule has 2 amide bonds. The quantitative estimate of drug-likeness (QED) is 0.695. The summed E-state index contributed by atoms with van der Waals surface area (Å²) in [6, 6.07) is 9.03. The van der Waals surface area contributed by atoms with Crippen molar-refractivity contribution in [2.24, 2.45) is 5.92 Å². The van der Waals surface area contributed by atoms with Crippen molar-refractivity contribution in [1.29, 1.82) is 0 Å².